The van der Waals surface area contributed by atoms with E-state index in [9.17, 15) is 0 Å². The van der Waals surface area contributed by atoms with Crippen molar-refractivity contribution in [1.29, 1.82) is 0 Å². The number of benzene rings is 12. The predicted molar refractivity (Wildman–Crippen MR) is 278 cm³/mol. The van der Waals surface area contributed by atoms with Crippen LogP contribution in [0.15, 0.2) is 237 Å². The van der Waals surface area contributed by atoms with Crippen LogP contribution in [0, 0.1) is 0 Å². The zero-order valence-electron chi connectivity index (χ0n) is 34.9. The van der Waals surface area contributed by atoms with Crippen LogP contribution in [-0.4, -0.2) is 0 Å². The van der Waals surface area contributed by atoms with E-state index < -0.39 is 0 Å². The van der Waals surface area contributed by atoms with Gasteiger partial charge < -0.3 is 4.90 Å². The Morgan fingerprint density at radius 1 is 0.250 bits per heavy atom. The largest absolute Gasteiger partial charge is 0.310 e. The van der Waals surface area contributed by atoms with Gasteiger partial charge in [0.15, 0.2) is 0 Å². The second-order valence-corrected chi connectivity index (χ2v) is 18.0. The Hall–Kier alpha value is -8.04. The molecule has 0 N–H and O–H groups in total. The van der Waals surface area contributed by atoms with Gasteiger partial charge in [-0.2, -0.15) is 0 Å². The van der Waals surface area contributed by atoms with Crippen LogP contribution < -0.4 is 4.90 Å². The topological polar surface area (TPSA) is 3.24 Å². The fourth-order valence-corrected chi connectivity index (χ4v) is 11.2. The van der Waals surface area contributed by atoms with Crippen molar-refractivity contribution < 1.29 is 0 Å². The number of fused-ring (bicyclic) bond motifs is 9. The van der Waals surface area contributed by atoms with Gasteiger partial charge in [0.25, 0.3) is 0 Å². The summed E-state index contributed by atoms with van der Waals surface area (Å²) in [5.41, 5.74) is 10.6. The molecule has 0 bridgehead atoms. The molecular formula is C62H39NS. The summed E-state index contributed by atoms with van der Waals surface area (Å²) >= 11 is 1.88. The van der Waals surface area contributed by atoms with Crippen molar-refractivity contribution in [2.75, 3.05) is 4.90 Å². The average Bonchev–Trinajstić information content (AvgIpc) is 3.72. The lowest BCUT2D eigenvalue weighted by Crippen LogP contribution is -2.11. The van der Waals surface area contributed by atoms with Gasteiger partial charge in [0.2, 0.25) is 0 Å². The minimum absolute atomic E-state index is 1.11. The van der Waals surface area contributed by atoms with Crippen LogP contribution in [-0.2, 0) is 0 Å². The highest BCUT2D eigenvalue weighted by Crippen LogP contribution is 2.47. The summed E-state index contributed by atoms with van der Waals surface area (Å²) in [7, 11) is 0. The molecule has 13 aromatic rings. The zero-order valence-corrected chi connectivity index (χ0v) is 35.7. The third-order valence-electron chi connectivity index (χ3n) is 13.2. The van der Waals surface area contributed by atoms with E-state index in [4.69, 9.17) is 0 Å². The molecule has 2 heteroatoms. The lowest BCUT2D eigenvalue weighted by atomic mass is 9.90. The lowest BCUT2D eigenvalue weighted by molar-refractivity contribution is 1.30. The smallest absolute Gasteiger partial charge is 0.0540 e. The summed E-state index contributed by atoms with van der Waals surface area (Å²) in [5.74, 6) is 0. The van der Waals surface area contributed by atoms with E-state index in [-0.39, 0.29) is 0 Å². The first-order chi connectivity index (χ1) is 31.7. The maximum Gasteiger partial charge on any atom is 0.0540 e. The molecular weight excluding hydrogens is 791 g/mol. The zero-order chi connectivity index (χ0) is 42.1. The average molecular weight is 830 g/mol. The Morgan fingerprint density at radius 3 is 1.67 bits per heavy atom. The number of thiophene rings is 1. The fraction of sp³-hybridized carbons (Fsp3) is 0. The molecule has 64 heavy (non-hydrogen) atoms. The van der Waals surface area contributed by atoms with Gasteiger partial charge in [0.1, 0.15) is 0 Å². The standard InChI is InChI=1S/C62H39NS/c1-2-14-41(15-3-1)57-35-46(45-26-25-40-13-4-5-16-42(40)33-45)27-32-60(57)63(50-29-31-56-59-36-43-17-6-7-18-44(43)38-61(59)64-62(56)39-50)49-28-30-52-47(34-49)20-12-24-54(52)58-37-48-19-8-9-21-51(48)53-22-10-11-23-55(53)58/h1-39H. The van der Waals surface area contributed by atoms with E-state index in [0.717, 1.165) is 17.1 Å². The second kappa shape index (κ2) is 14.8. The Bertz CT molecular complexity index is 3970. The Morgan fingerprint density at radius 2 is 0.844 bits per heavy atom. The van der Waals surface area contributed by atoms with Gasteiger partial charge >= 0.3 is 0 Å². The molecule has 0 saturated carbocycles. The molecule has 0 saturated heterocycles. The third kappa shape index (κ3) is 6.07. The predicted octanol–water partition coefficient (Wildman–Crippen LogP) is 18.3. The van der Waals surface area contributed by atoms with Crippen molar-refractivity contribution in [2.24, 2.45) is 0 Å². The van der Waals surface area contributed by atoms with Crippen molar-refractivity contribution in [2.45, 2.75) is 0 Å². The summed E-state index contributed by atoms with van der Waals surface area (Å²) in [6.07, 6.45) is 0. The van der Waals surface area contributed by atoms with Gasteiger partial charge in [-0.05, 0) is 142 Å². The van der Waals surface area contributed by atoms with Crippen molar-refractivity contribution in [3.05, 3.63) is 237 Å². The molecule has 298 valence electrons. The van der Waals surface area contributed by atoms with E-state index in [2.05, 4.69) is 241 Å². The normalized spacial score (nSPS) is 11.8. The van der Waals surface area contributed by atoms with E-state index in [1.54, 1.807) is 0 Å². The van der Waals surface area contributed by atoms with Crippen molar-refractivity contribution in [3.63, 3.8) is 0 Å². The summed E-state index contributed by atoms with van der Waals surface area (Å²) in [6.45, 7) is 0. The van der Waals surface area contributed by atoms with Crippen LogP contribution in [0.25, 0.3) is 107 Å². The van der Waals surface area contributed by atoms with Gasteiger partial charge in [-0.25, -0.2) is 0 Å². The molecule has 12 aromatic carbocycles. The summed E-state index contributed by atoms with van der Waals surface area (Å²) < 4.78 is 2.58. The van der Waals surface area contributed by atoms with Crippen LogP contribution in [0.5, 0.6) is 0 Å². The van der Waals surface area contributed by atoms with Gasteiger partial charge in [0, 0.05) is 37.1 Å². The second-order valence-electron chi connectivity index (χ2n) is 16.9. The number of nitrogens with zero attached hydrogens (tertiary/aromatic N) is 1. The summed E-state index contributed by atoms with van der Waals surface area (Å²) in [5, 5.41) is 15.1. The quantitative estimate of drug-likeness (QED) is 0.151. The molecule has 0 aliphatic rings. The maximum atomic E-state index is 2.48. The van der Waals surface area contributed by atoms with Crippen molar-refractivity contribution in [1.82, 2.24) is 0 Å². The van der Waals surface area contributed by atoms with Crippen molar-refractivity contribution >= 4 is 102 Å². The first-order valence-corrected chi connectivity index (χ1v) is 22.8. The van der Waals surface area contributed by atoms with Crippen LogP contribution in [0.2, 0.25) is 0 Å². The molecule has 0 amide bonds. The highest BCUT2D eigenvalue weighted by molar-refractivity contribution is 7.26. The van der Waals surface area contributed by atoms with Crippen LogP contribution in [0.4, 0.5) is 17.1 Å². The number of hydrogen-bond acceptors (Lipinski definition) is 2. The molecule has 1 heterocycles. The Kier molecular flexibility index (Phi) is 8.47. The SMILES string of the molecule is c1ccc(-c2cc(-c3ccc4ccccc4c3)ccc2N(c2ccc3c(-c4cc5ccccc5c5ccccc45)cccc3c2)c2ccc3c(c2)sc2cc4ccccc4cc23)cc1. The lowest BCUT2D eigenvalue weighted by Gasteiger charge is -2.29. The summed E-state index contributed by atoms with van der Waals surface area (Å²) in [6, 6.07) is 87.5. The minimum atomic E-state index is 1.11. The van der Waals surface area contributed by atoms with Gasteiger partial charge in [-0.15, -0.1) is 11.3 Å². The molecule has 0 aliphatic heterocycles. The molecule has 0 aliphatic carbocycles. The number of hydrogen-bond donors (Lipinski definition) is 0. The maximum absolute atomic E-state index is 2.48. The number of rotatable bonds is 6. The van der Waals surface area contributed by atoms with Crippen LogP contribution in [0.3, 0.4) is 0 Å². The molecule has 0 atom stereocenters. The Labute approximate surface area is 375 Å². The first-order valence-electron chi connectivity index (χ1n) is 22.0. The number of anilines is 3. The monoisotopic (exact) mass is 829 g/mol. The molecule has 0 radical (unpaired) electrons. The van der Waals surface area contributed by atoms with Gasteiger partial charge in [-0.3, -0.25) is 0 Å². The Balaban J connectivity index is 1.03. The van der Waals surface area contributed by atoms with Crippen LogP contribution in [0.1, 0.15) is 0 Å². The van der Waals surface area contributed by atoms with E-state index in [0.29, 0.717) is 0 Å². The summed E-state index contributed by atoms with van der Waals surface area (Å²) in [4.78, 5) is 2.48. The van der Waals surface area contributed by atoms with Crippen molar-refractivity contribution in [3.8, 4) is 33.4 Å². The van der Waals surface area contributed by atoms with E-state index >= 15 is 0 Å². The van der Waals surface area contributed by atoms with E-state index in [1.807, 2.05) is 11.3 Å². The first kappa shape index (κ1) is 36.6. The minimum Gasteiger partial charge on any atom is -0.310 e. The molecule has 1 aromatic heterocycles. The molecule has 0 fully saturated rings. The molecule has 0 unspecified atom stereocenters. The van der Waals surface area contributed by atoms with Crippen LogP contribution >= 0.6 is 11.3 Å². The highest BCUT2D eigenvalue weighted by atomic mass is 32.1. The fourth-order valence-electron chi connectivity index (χ4n) is 10.1. The molecule has 1 nitrogen and oxygen atoms in total. The molecule has 13 rings (SSSR count). The third-order valence-corrected chi connectivity index (χ3v) is 14.3. The highest BCUT2D eigenvalue weighted by Gasteiger charge is 2.21. The van der Waals surface area contributed by atoms with Gasteiger partial charge in [-0.1, -0.05) is 176 Å². The molecule has 0 spiro atoms. The van der Waals surface area contributed by atoms with Gasteiger partial charge in [0.05, 0.1) is 5.69 Å². The van der Waals surface area contributed by atoms with E-state index in [1.165, 1.54) is 107 Å².